The Balaban J connectivity index is 1.29. The van der Waals surface area contributed by atoms with Gasteiger partial charge in [-0.2, -0.15) is 0 Å². The average Bonchev–Trinajstić information content (AvgIpc) is 3.63. The van der Waals surface area contributed by atoms with E-state index in [0.717, 1.165) is 22.5 Å². The van der Waals surface area contributed by atoms with E-state index in [9.17, 15) is 0 Å². The summed E-state index contributed by atoms with van der Waals surface area (Å²) in [5.74, 6) is 0. The lowest BCUT2D eigenvalue weighted by molar-refractivity contribution is 1.11. The Kier molecular flexibility index (Phi) is 4.96. The van der Waals surface area contributed by atoms with Gasteiger partial charge in [0.25, 0.3) is 0 Å². The van der Waals surface area contributed by atoms with Crippen molar-refractivity contribution in [2.24, 2.45) is 0 Å². The minimum Gasteiger partial charge on any atom is -0.309 e. The standard InChI is InChI=1S/C41H26N4/c1-2-11-29(12-3-1)43-33-15-5-4-13-31(33)39-36(43)23-24-37-40(39)32-14-8-18-38-41(32)45(37)35-17-7-6-16-34(35)44(38)30-21-19-27(20-22-30)28-10-9-25-42-26-28/h1-26H. The largest absolute Gasteiger partial charge is 0.309 e. The number of hydrogen-bond donors (Lipinski definition) is 0. The lowest BCUT2D eigenvalue weighted by atomic mass is 10.0. The summed E-state index contributed by atoms with van der Waals surface area (Å²) in [6, 6.07) is 52.6. The van der Waals surface area contributed by atoms with E-state index in [0.29, 0.717) is 0 Å². The van der Waals surface area contributed by atoms with Crippen LogP contribution in [0.15, 0.2) is 158 Å². The van der Waals surface area contributed by atoms with Gasteiger partial charge in [-0.1, -0.05) is 78.9 Å². The minimum absolute atomic E-state index is 1.11. The van der Waals surface area contributed by atoms with Crippen LogP contribution in [-0.2, 0) is 0 Å². The molecule has 1 aliphatic rings. The van der Waals surface area contributed by atoms with Gasteiger partial charge in [-0.3, -0.25) is 4.98 Å². The number of nitrogens with zero attached hydrogens (tertiary/aromatic N) is 4. The zero-order valence-electron chi connectivity index (χ0n) is 24.3. The first-order valence-corrected chi connectivity index (χ1v) is 15.3. The van der Waals surface area contributed by atoms with Gasteiger partial charge in [-0.05, 0) is 77.9 Å². The first kappa shape index (κ1) is 24.3. The maximum absolute atomic E-state index is 4.32. The summed E-state index contributed by atoms with van der Waals surface area (Å²) in [5.41, 5.74) is 13.0. The smallest absolute Gasteiger partial charge is 0.0783 e. The van der Waals surface area contributed by atoms with Crippen molar-refractivity contribution in [3.8, 4) is 22.5 Å². The Hall–Kier alpha value is -6.13. The molecule has 0 unspecified atom stereocenters. The summed E-state index contributed by atoms with van der Waals surface area (Å²) >= 11 is 0. The molecule has 0 radical (unpaired) electrons. The summed E-state index contributed by atoms with van der Waals surface area (Å²) in [7, 11) is 0. The summed E-state index contributed by atoms with van der Waals surface area (Å²) in [4.78, 5) is 6.73. The fraction of sp³-hybridized carbons (Fsp3) is 0. The Morgan fingerprint density at radius 2 is 1.09 bits per heavy atom. The third kappa shape index (κ3) is 3.34. The quantitative estimate of drug-likeness (QED) is 0.210. The monoisotopic (exact) mass is 574 g/mol. The first-order valence-electron chi connectivity index (χ1n) is 15.3. The van der Waals surface area contributed by atoms with Crippen LogP contribution in [0.5, 0.6) is 0 Å². The van der Waals surface area contributed by atoms with Crippen molar-refractivity contribution in [1.29, 1.82) is 0 Å². The van der Waals surface area contributed by atoms with E-state index in [2.05, 4.69) is 159 Å². The predicted octanol–water partition coefficient (Wildman–Crippen LogP) is 10.7. The predicted molar refractivity (Wildman–Crippen MR) is 187 cm³/mol. The highest BCUT2D eigenvalue weighted by molar-refractivity contribution is 6.30. The van der Waals surface area contributed by atoms with E-state index in [1.54, 1.807) is 0 Å². The van der Waals surface area contributed by atoms with Crippen molar-refractivity contribution >= 4 is 60.7 Å². The third-order valence-corrected chi connectivity index (χ3v) is 9.30. The maximum Gasteiger partial charge on any atom is 0.0783 e. The van der Waals surface area contributed by atoms with Crippen molar-refractivity contribution in [2.45, 2.75) is 0 Å². The average molecular weight is 575 g/mol. The normalized spacial score (nSPS) is 12.4. The van der Waals surface area contributed by atoms with Gasteiger partial charge in [0.1, 0.15) is 0 Å². The highest BCUT2D eigenvalue weighted by Crippen LogP contribution is 2.51. The van der Waals surface area contributed by atoms with Crippen LogP contribution in [0.1, 0.15) is 0 Å². The highest BCUT2D eigenvalue weighted by Gasteiger charge is 2.29. The Morgan fingerprint density at radius 3 is 1.91 bits per heavy atom. The Morgan fingerprint density at radius 1 is 0.400 bits per heavy atom. The summed E-state index contributed by atoms with van der Waals surface area (Å²) in [6.07, 6.45) is 3.73. The summed E-state index contributed by atoms with van der Waals surface area (Å²) in [5, 5.41) is 5.11. The van der Waals surface area contributed by atoms with Gasteiger partial charge in [-0.25, -0.2) is 0 Å². The van der Waals surface area contributed by atoms with E-state index in [-0.39, 0.29) is 0 Å². The second kappa shape index (κ2) is 9.18. The van der Waals surface area contributed by atoms with Crippen LogP contribution in [0.25, 0.3) is 66.1 Å². The number of anilines is 3. The molecule has 6 aromatic carbocycles. The van der Waals surface area contributed by atoms with Gasteiger partial charge in [0.15, 0.2) is 0 Å². The van der Waals surface area contributed by atoms with Crippen molar-refractivity contribution in [2.75, 3.05) is 4.90 Å². The minimum atomic E-state index is 1.11. The van der Waals surface area contributed by atoms with Gasteiger partial charge in [0.2, 0.25) is 0 Å². The molecule has 0 N–H and O–H groups in total. The highest BCUT2D eigenvalue weighted by atomic mass is 15.2. The van der Waals surface area contributed by atoms with Gasteiger partial charge < -0.3 is 14.0 Å². The van der Waals surface area contributed by atoms with Crippen LogP contribution in [0.4, 0.5) is 17.1 Å². The number of para-hydroxylation sites is 5. The lowest BCUT2D eigenvalue weighted by Crippen LogP contribution is -2.17. The fourth-order valence-electron chi connectivity index (χ4n) is 7.47. The molecule has 210 valence electrons. The van der Waals surface area contributed by atoms with E-state index in [1.165, 1.54) is 60.7 Å². The molecule has 1 aliphatic heterocycles. The van der Waals surface area contributed by atoms with Crippen molar-refractivity contribution in [1.82, 2.24) is 14.1 Å². The molecule has 4 heterocycles. The topological polar surface area (TPSA) is 26.0 Å². The van der Waals surface area contributed by atoms with Crippen LogP contribution in [0, 0.1) is 0 Å². The molecule has 0 atom stereocenters. The van der Waals surface area contributed by atoms with Crippen molar-refractivity contribution in [3.63, 3.8) is 0 Å². The third-order valence-electron chi connectivity index (χ3n) is 9.30. The van der Waals surface area contributed by atoms with Gasteiger partial charge >= 0.3 is 0 Å². The van der Waals surface area contributed by atoms with Crippen molar-refractivity contribution < 1.29 is 0 Å². The first-order chi connectivity index (χ1) is 22.4. The molecule has 45 heavy (non-hydrogen) atoms. The molecular weight excluding hydrogens is 548 g/mol. The maximum atomic E-state index is 4.32. The van der Waals surface area contributed by atoms with E-state index in [1.807, 2.05) is 18.5 Å². The van der Waals surface area contributed by atoms with Crippen LogP contribution < -0.4 is 4.90 Å². The fourth-order valence-corrected chi connectivity index (χ4v) is 7.47. The number of hydrogen-bond acceptors (Lipinski definition) is 2. The molecule has 10 rings (SSSR count). The van der Waals surface area contributed by atoms with Crippen LogP contribution in [0.2, 0.25) is 0 Å². The molecular formula is C41H26N4. The van der Waals surface area contributed by atoms with Gasteiger partial charge in [-0.15, -0.1) is 0 Å². The van der Waals surface area contributed by atoms with E-state index in [4.69, 9.17) is 0 Å². The molecule has 0 saturated heterocycles. The molecule has 4 nitrogen and oxygen atoms in total. The van der Waals surface area contributed by atoms with E-state index < -0.39 is 0 Å². The molecule has 0 fully saturated rings. The molecule has 0 aliphatic carbocycles. The number of benzene rings is 6. The molecule has 0 saturated carbocycles. The zero-order chi connectivity index (χ0) is 29.5. The molecule has 0 bridgehead atoms. The van der Waals surface area contributed by atoms with E-state index >= 15 is 0 Å². The van der Waals surface area contributed by atoms with Gasteiger partial charge in [0, 0.05) is 45.3 Å². The zero-order valence-corrected chi connectivity index (χ0v) is 24.3. The van der Waals surface area contributed by atoms with Crippen molar-refractivity contribution in [3.05, 3.63) is 158 Å². The molecule has 0 spiro atoms. The van der Waals surface area contributed by atoms with Crippen LogP contribution in [-0.4, -0.2) is 14.1 Å². The Bertz CT molecular complexity index is 2580. The van der Waals surface area contributed by atoms with Gasteiger partial charge in [0.05, 0.1) is 39.1 Å². The second-order valence-corrected chi connectivity index (χ2v) is 11.7. The SMILES string of the molecule is c1ccc(-n2c3ccccc3c3c4c5cccc6c5n(c4ccc32)-c2ccccc2N6c2ccc(-c3cccnc3)cc2)cc1. The van der Waals surface area contributed by atoms with Crippen LogP contribution >= 0.6 is 0 Å². The Labute approximate surface area is 259 Å². The molecule has 9 aromatic rings. The summed E-state index contributed by atoms with van der Waals surface area (Å²) in [6.45, 7) is 0. The second-order valence-electron chi connectivity index (χ2n) is 11.7. The molecule has 4 heteroatoms. The lowest BCUT2D eigenvalue weighted by Gasteiger charge is -2.33. The number of fused-ring (bicyclic) bond motifs is 9. The summed E-state index contributed by atoms with van der Waals surface area (Å²) < 4.78 is 4.88. The number of pyridine rings is 1. The molecule has 0 amide bonds. The van der Waals surface area contributed by atoms with Crippen LogP contribution in [0.3, 0.4) is 0 Å². The molecule has 3 aromatic heterocycles. The number of rotatable bonds is 3. The number of aromatic nitrogens is 3.